The van der Waals surface area contributed by atoms with Crippen LogP contribution in [0.15, 0.2) is 39.7 Å². The third kappa shape index (κ3) is 2.50. The summed E-state index contributed by atoms with van der Waals surface area (Å²) in [6.45, 7) is 0. The van der Waals surface area contributed by atoms with Crippen LogP contribution in [0.1, 0.15) is 11.7 Å². The Bertz CT molecular complexity index is 929. The number of fused-ring (bicyclic) bond motifs is 1. The predicted molar refractivity (Wildman–Crippen MR) is 82.7 cm³/mol. The number of ether oxygens (including phenoxy) is 1. The third-order valence-corrected chi connectivity index (χ3v) is 6.32. The van der Waals surface area contributed by atoms with Gasteiger partial charge in [-0.2, -0.15) is 8.78 Å². The summed E-state index contributed by atoms with van der Waals surface area (Å²) in [7, 11) is -5.01. The van der Waals surface area contributed by atoms with Crippen molar-refractivity contribution >= 4 is 37.4 Å². The minimum absolute atomic E-state index is 0.0252. The van der Waals surface area contributed by atoms with Crippen LogP contribution >= 0.6 is 27.5 Å². The highest BCUT2D eigenvalue weighted by Gasteiger charge is 2.61. The summed E-state index contributed by atoms with van der Waals surface area (Å²) in [6.07, 6.45) is -2.55. The fourth-order valence-electron chi connectivity index (χ4n) is 2.30. The van der Waals surface area contributed by atoms with Gasteiger partial charge in [-0.1, -0.05) is 11.6 Å². The van der Waals surface area contributed by atoms with Crippen LogP contribution in [0.4, 0.5) is 13.2 Å². The normalized spacial score (nSPS) is 20.7. The van der Waals surface area contributed by atoms with E-state index in [-0.39, 0.29) is 21.0 Å². The Hall–Kier alpha value is -1.29. The van der Waals surface area contributed by atoms with Crippen LogP contribution in [0.5, 0.6) is 11.5 Å². The Kier molecular flexibility index (Phi) is 4.10. The summed E-state index contributed by atoms with van der Waals surface area (Å²) in [5, 5.41) is 5.41. The molecular formula is C14H7BrClF3O4S. The Morgan fingerprint density at radius 1 is 1.25 bits per heavy atom. The number of sulfone groups is 1. The number of halogens is 5. The van der Waals surface area contributed by atoms with Gasteiger partial charge in [-0.05, 0) is 40.2 Å². The molecule has 10 heteroatoms. The van der Waals surface area contributed by atoms with Gasteiger partial charge in [-0.15, -0.1) is 0 Å². The van der Waals surface area contributed by atoms with Crippen molar-refractivity contribution in [1.82, 2.24) is 0 Å². The molecule has 24 heavy (non-hydrogen) atoms. The number of rotatable bonds is 2. The molecule has 0 aliphatic carbocycles. The Balaban J connectivity index is 2.11. The van der Waals surface area contributed by atoms with E-state index in [1.54, 1.807) is 0 Å². The van der Waals surface area contributed by atoms with Crippen LogP contribution < -0.4 is 4.74 Å². The van der Waals surface area contributed by atoms with E-state index < -0.39 is 37.5 Å². The Morgan fingerprint density at radius 2 is 1.92 bits per heavy atom. The van der Waals surface area contributed by atoms with Crippen molar-refractivity contribution in [2.45, 2.75) is 16.3 Å². The highest BCUT2D eigenvalue weighted by molar-refractivity contribution is 9.10. The zero-order valence-corrected chi connectivity index (χ0v) is 14.6. The van der Waals surface area contributed by atoms with Gasteiger partial charge in [0.25, 0.3) is 0 Å². The maximum absolute atomic E-state index is 13.8. The van der Waals surface area contributed by atoms with Crippen LogP contribution in [0.25, 0.3) is 0 Å². The molecule has 0 saturated carbocycles. The Labute approximate surface area is 147 Å². The van der Waals surface area contributed by atoms with Crippen molar-refractivity contribution in [1.29, 1.82) is 0 Å². The number of aliphatic hydroxyl groups excluding tert-OH is 1. The minimum Gasteiger partial charge on any atom is -0.456 e. The van der Waals surface area contributed by atoms with Gasteiger partial charge in [-0.3, -0.25) is 0 Å². The van der Waals surface area contributed by atoms with Crippen molar-refractivity contribution in [3.05, 3.63) is 51.2 Å². The van der Waals surface area contributed by atoms with Gasteiger partial charge in [0.1, 0.15) is 17.3 Å². The molecule has 1 heterocycles. The summed E-state index contributed by atoms with van der Waals surface area (Å²) >= 11 is 8.66. The third-order valence-electron chi connectivity index (χ3n) is 3.41. The highest BCUT2D eigenvalue weighted by atomic mass is 79.9. The van der Waals surface area contributed by atoms with Crippen LogP contribution in [0, 0.1) is 5.82 Å². The van der Waals surface area contributed by atoms with E-state index >= 15 is 0 Å². The Morgan fingerprint density at radius 3 is 2.54 bits per heavy atom. The molecule has 1 aliphatic heterocycles. The van der Waals surface area contributed by atoms with E-state index in [2.05, 4.69) is 15.9 Å². The number of hydrogen-bond acceptors (Lipinski definition) is 4. The van der Waals surface area contributed by atoms with Gasteiger partial charge >= 0.3 is 5.25 Å². The van der Waals surface area contributed by atoms with Gasteiger partial charge in [0.15, 0.2) is 6.10 Å². The standard InChI is InChI=1S/C14H7BrClF3O4S/c15-12-9(23-8-4-6(16)3-7(17)5-8)1-2-10-11(12)13(20)14(18,19)24(10,21)22/h1-5,13,20H/t13-/m0/s1. The molecule has 0 saturated heterocycles. The molecule has 0 aromatic heterocycles. The fraction of sp³-hybridized carbons (Fsp3) is 0.143. The number of hydrogen-bond donors (Lipinski definition) is 1. The summed E-state index contributed by atoms with van der Waals surface area (Å²) < 4.78 is 69.7. The smallest absolute Gasteiger partial charge is 0.379 e. The second-order valence-electron chi connectivity index (χ2n) is 4.96. The van der Waals surface area contributed by atoms with Crippen LogP contribution in [0.3, 0.4) is 0 Å². The zero-order valence-electron chi connectivity index (χ0n) is 11.4. The summed E-state index contributed by atoms with van der Waals surface area (Å²) in [4.78, 5) is -0.698. The van der Waals surface area contributed by atoms with Crippen LogP contribution in [-0.4, -0.2) is 18.8 Å². The van der Waals surface area contributed by atoms with E-state index in [0.717, 1.165) is 24.3 Å². The molecule has 2 aromatic carbocycles. The van der Waals surface area contributed by atoms with E-state index in [1.165, 1.54) is 6.07 Å². The molecule has 0 spiro atoms. The van der Waals surface area contributed by atoms with Crippen LogP contribution in [-0.2, 0) is 9.84 Å². The first-order valence-electron chi connectivity index (χ1n) is 6.32. The van der Waals surface area contributed by atoms with Crippen LogP contribution in [0.2, 0.25) is 5.02 Å². The van der Waals surface area contributed by atoms with Crippen molar-refractivity contribution in [2.24, 2.45) is 0 Å². The molecule has 0 unspecified atom stereocenters. The second kappa shape index (κ2) is 5.62. The lowest BCUT2D eigenvalue weighted by atomic mass is 10.1. The molecular weight excluding hydrogens is 437 g/mol. The molecule has 4 nitrogen and oxygen atoms in total. The van der Waals surface area contributed by atoms with Crippen molar-refractivity contribution < 1.29 is 31.4 Å². The SMILES string of the molecule is O=S1(=O)c2ccc(Oc3cc(F)cc(Cl)c3)c(Br)c2[C@H](O)C1(F)F. The lowest BCUT2D eigenvalue weighted by Crippen LogP contribution is -2.28. The molecule has 3 rings (SSSR count). The second-order valence-corrected chi connectivity index (χ2v) is 8.18. The molecule has 0 bridgehead atoms. The predicted octanol–water partition coefficient (Wildman–Crippen LogP) is 4.45. The zero-order chi connectivity index (χ0) is 17.9. The average molecular weight is 444 g/mol. The average Bonchev–Trinajstić information content (AvgIpc) is 2.59. The van der Waals surface area contributed by atoms with Gasteiger partial charge in [-0.25, -0.2) is 12.8 Å². The molecule has 1 atom stereocenters. The first-order chi connectivity index (χ1) is 11.1. The maximum Gasteiger partial charge on any atom is 0.379 e. The number of aliphatic hydroxyl groups is 1. The molecule has 2 aromatic rings. The van der Waals surface area contributed by atoms with E-state index in [0.29, 0.717) is 0 Å². The quantitative estimate of drug-likeness (QED) is 0.745. The largest absolute Gasteiger partial charge is 0.456 e. The molecule has 128 valence electrons. The van der Waals surface area contributed by atoms with E-state index in [9.17, 15) is 26.7 Å². The van der Waals surface area contributed by atoms with Crippen molar-refractivity contribution in [2.75, 3.05) is 0 Å². The van der Waals surface area contributed by atoms with Gasteiger partial charge < -0.3 is 9.84 Å². The molecule has 0 radical (unpaired) electrons. The first kappa shape index (κ1) is 17.5. The lowest BCUT2D eigenvalue weighted by Gasteiger charge is -2.14. The molecule has 1 aliphatic rings. The van der Waals surface area contributed by atoms with Crippen molar-refractivity contribution in [3.63, 3.8) is 0 Å². The summed E-state index contributed by atoms with van der Waals surface area (Å²) in [5.74, 6) is -0.783. The topological polar surface area (TPSA) is 63.6 Å². The highest BCUT2D eigenvalue weighted by Crippen LogP contribution is 2.53. The van der Waals surface area contributed by atoms with Gasteiger partial charge in [0.05, 0.1) is 9.37 Å². The summed E-state index contributed by atoms with van der Waals surface area (Å²) in [6, 6.07) is 5.35. The molecule has 0 fully saturated rings. The van der Waals surface area contributed by atoms with E-state index in [4.69, 9.17) is 16.3 Å². The summed E-state index contributed by atoms with van der Waals surface area (Å²) in [5.41, 5.74) is -0.514. The molecule has 1 N–H and O–H groups in total. The van der Waals surface area contributed by atoms with E-state index in [1.807, 2.05) is 0 Å². The maximum atomic E-state index is 13.8. The molecule has 0 amide bonds. The number of benzene rings is 2. The lowest BCUT2D eigenvalue weighted by molar-refractivity contribution is -0.0379. The van der Waals surface area contributed by atoms with Crippen molar-refractivity contribution in [3.8, 4) is 11.5 Å². The van der Waals surface area contributed by atoms with Gasteiger partial charge in [0.2, 0.25) is 9.84 Å². The first-order valence-corrected chi connectivity index (χ1v) is 8.98. The van der Waals surface area contributed by atoms with Gasteiger partial charge in [0, 0.05) is 16.7 Å². The fourth-order valence-corrected chi connectivity index (χ4v) is 4.74. The minimum atomic E-state index is -5.01. The number of alkyl halides is 2. The monoisotopic (exact) mass is 442 g/mol.